The van der Waals surface area contributed by atoms with E-state index >= 15 is 0 Å². The lowest BCUT2D eigenvalue weighted by molar-refractivity contribution is 0.0647. The summed E-state index contributed by atoms with van der Waals surface area (Å²) in [4.78, 5) is 22.5. The van der Waals surface area contributed by atoms with E-state index in [0.717, 1.165) is 0 Å². The molecule has 1 unspecified atom stereocenters. The molecule has 0 bridgehead atoms. The van der Waals surface area contributed by atoms with Gasteiger partial charge in [0, 0.05) is 5.56 Å². The lowest BCUT2D eigenvalue weighted by Gasteiger charge is -2.18. The fraction of sp³-hybridized carbons (Fsp3) is 0.125. The highest BCUT2D eigenvalue weighted by atomic mass is 16.5. The zero-order chi connectivity index (χ0) is 15.4. The van der Waals surface area contributed by atoms with E-state index in [4.69, 9.17) is 9.84 Å². The van der Waals surface area contributed by atoms with Crippen LogP contribution in [0.1, 0.15) is 39.3 Å². The molecule has 0 fully saturated rings. The number of para-hydroxylation sites is 1. The molecular weight excluding hydrogens is 272 g/mol. The summed E-state index contributed by atoms with van der Waals surface area (Å²) in [6.45, 7) is 1.68. The van der Waals surface area contributed by atoms with Crippen LogP contribution in [0.25, 0.3) is 0 Å². The second-order valence-electron chi connectivity index (χ2n) is 4.45. The first-order chi connectivity index (χ1) is 10.0. The Hall–Kier alpha value is -2.82. The summed E-state index contributed by atoms with van der Waals surface area (Å²) in [5.74, 6) is -1.98. The first kappa shape index (κ1) is 14.6. The standard InChI is InChI=1S/C16H14O5/c1-10(21-11-6-3-2-4-7-11)12-8-5-9-13(15(17)18)14(12)16(19)20/h2-10H,1H3,(H,17,18)(H,19,20). The number of aromatic carboxylic acids is 2. The molecule has 5 heteroatoms. The van der Waals surface area contributed by atoms with Crippen LogP contribution in [0.3, 0.4) is 0 Å². The molecule has 21 heavy (non-hydrogen) atoms. The third-order valence-electron chi connectivity index (χ3n) is 3.03. The Kier molecular flexibility index (Phi) is 4.23. The number of carbonyl (C=O) groups is 2. The minimum Gasteiger partial charge on any atom is -0.486 e. The van der Waals surface area contributed by atoms with Crippen molar-refractivity contribution in [1.82, 2.24) is 0 Å². The van der Waals surface area contributed by atoms with Gasteiger partial charge in [-0.1, -0.05) is 30.3 Å². The summed E-state index contributed by atoms with van der Waals surface area (Å²) >= 11 is 0. The van der Waals surface area contributed by atoms with Gasteiger partial charge in [0.1, 0.15) is 11.9 Å². The van der Waals surface area contributed by atoms with Crippen molar-refractivity contribution in [2.24, 2.45) is 0 Å². The van der Waals surface area contributed by atoms with Crippen LogP contribution in [-0.4, -0.2) is 22.2 Å². The van der Waals surface area contributed by atoms with Crippen LogP contribution >= 0.6 is 0 Å². The highest BCUT2D eigenvalue weighted by Gasteiger charge is 2.23. The predicted molar refractivity (Wildman–Crippen MR) is 75.8 cm³/mol. The first-order valence-electron chi connectivity index (χ1n) is 6.32. The molecule has 2 aromatic carbocycles. The van der Waals surface area contributed by atoms with Gasteiger partial charge in [-0.15, -0.1) is 0 Å². The average molecular weight is 286 g/mol. The van der Waals surface area contributed by atoms with Gasteiger partial charge in [0.2, 0.25) is 0 Å². The average Bonchev–Trinajstić information content (AvgIpc) is 2.47. The van der Waals surface area contributed by atoms with Gasteiger partial charge in [0.25, 0.3) is 0 Å². The highest BCUT2D eigenvalue weighted by Crippen LogP contribution is 2.26. The number of ether oxygens (including phenoxy) is 1. The molecule has 2 aromatic rings. The molecule has 0 spiro atoms. The Bertz CT molecular complexity index is 664. The van der Waals surface area contributed by atoms with Gasteiger partial charge in [0.05, 0.1) is 11.1 Å². The maximum atomic E-state index is 11.4. The summed E-state index contributed by atoms with van der Waals surface area (Å²) in [6.07, 6.45) is -0.585. The van der Waals surface area contributed by atoms with E-state index in [1.54, 1.807) is 37.3 Å². The van der Waals surface area contributed by atoms with Crippen molar-refractivity contribution in [2.75, 3.05) is 0 Å². The lowest BCUT2D eigenvalue weighted by atomic mass is 9.97. The molecule has 2 rings (SSSR count). The first-order valence-corrected chi connectivity index (χ1v) is 6.32. The van der Waals surface area contributed by atoms with Crippen LogP contribution in [0, 0.1) is 0 Å². The molecule has 0 aromatic heterocycles. The van der Waals surface area contributed by atoms with Crippen LogP contribution in [-0.2, 0) is 0 Å². The van der Waals surface area contributed by atoms with Crippen LogP contribution in [0.5, 0.6) is 5.75 Å². The van der Waals surface area contributed by atoms with Crippen molar-refractivity contribution < 1.29 is 24.5 Å². The van der Waals surface area contributed by atoms with E-state index in [1.807, 2.05) is 6.07 Å². The zero-order valence-electron chi connectivity index (χ0n) is 11.3. The topological polar surface area (TPSA) is 83.8 Å². The largest absolute Gasteiger partial charge is 0.486 e. The smallest absolute Gasteiger partial charge is 0.336 e. The minimum atomic E-state index is -1.29. The second kappa shape index (κ2) is 6.09. The molecule has 0 aliphatic rings. The Balaban J connectivity index is 2.41. The van der Waals surface area contributed by atoms with Crippen molar-refractivity contribution in [1.29, 1.82) is 0 Å². The maximum Gasteiger partial charge on any atom is 0.336 e. The molecule has 0 radical (unpaired) electrons. The third kappa shape index (κ3) is 3.20. The van der Waals surface area contributed by atoms with Gasteiger partial charge in [-0.25, -0.2) is 9.59 Å². The van der Waals surface area contributed by atoms with Gasteiger partial charge in [-0.05, 0) is 25.1 Å². The summed E-state index contributed by atoms with van der Waals surface area (Å²) in [7, 11) is 0. The minimum absolute atomic E-state index is 0.242. The van der Waals surface area contributed by atoms with Crippen LogP contribution < -0.4 is 4.74 Å². The van der Waals surface area contributed by atoms with Gasteiger partial charge < -0.3 is 14.9 Å². The normalized spacial score (nSPS) is 11.7. The molecule has 5 nitrogen and oxygen atoms in total. The van der Waals surface area contributed by atoms with Crippen LogP contribution in [0.2, 0.25) is 0 Å². The van der Waals surface area contributed by atoms with Gasteiger partial charge in [-0.3, -0.25) is 0 Å². The molecule has 108 valence electrons. The Labute approximate surface area is 121 Å². The molecular formula is C16H14O5. The molecule has 2 N–H and O–H groups in total. The summed E-state index contributed by atoms with van der Waals surface area (Å²) in [6, 6.07) is 13.3. The van der Waals surface area contributed by atoms with E-state index in [2.05, 4.69) is 0 Å². The fourth-order valence-corrected chi connectivity index (χ4v) is 2.09. The van der Waals surface area contributed by atoms with E-state index in [0.29, 0.717) is 11.3 Å². The molecule has 0 amide bonds. The van der Waals surface area contributed by atoms with Crippen molar-refractivity contribution in [2.45, 2.75) is 13.0 Å². The predicted octanol–water partition coefficient (Wildman–Crippen LogP) is 3.22. The highest BCUT2D eigenvalue weighted by molar-refractivity contribution is 6.02. The van der Waals surface area contributed by atoms with Gasteiger partial charge in [0.15, 0.2) is 0 Å². The van der Waals surface area contributed by atoms with E-state index < -0.39 is 18.0 Å². The van der Waals surface area contributed by atoms with E-state index in [9.17, 15) is 14.7 Å². The Morgan fingerprint density at radius 3 is 2.19 bits per heavy atom. The van der Waals surface area contributed by atoms with Crippen LogP contribution in [0.15, 0.2) is 48.5 Å². The molecule has 0 saturated carbocycles. The van der Waals surface area contributed by atoms with Gasteiger partial charge in [-0.2, -0.15) is 0 Å². The monoisotopic (exact) mass is 286 g/mol. The van der Waals surface area contributed by atoms with Crippen molar-refractivity contribution in [3.05, 3.63) is 65.2 Å². The molecule has 0 aliphatic heterocycles. The van der Waals surface area contributed by atoms with Gasteiger partial charge >= 0.3 is 11.9 Å². The summed E-state index contributed by atoms with van der Waals surface area (Å²) in [5, 5.41) is 18.4. The zero-order valence-corrected chi connectivity index (χ0v) is 11.3. The second-order valence-corrected chi connectivity index (χ2v) is 4.45. The summed E-state index contributed by atoms with van der Waals surface area (Å²) in [5.41, 5.74) is -0.164. The summed E-state index contributed by atoms with van der Waals surface area (Å²) < 4.78 is 5.67. The lowest BCUT2D eigenvalue weighted by Crippen LogP contribution is -2.15. The molecule has 0 aliphatic carbocycles. The Morgan fingerprint density at radius 2 is 1.62 bits per heavy atom. The van der Waals surface area contributed by atoms with Crippen molar-refractivity contribution in [3.8, 4) is 5.75 Å². The molecule has 1 atom stereocenters. The van der Waals surface area contributed by atoms with E-state index in [1.165, 1.54) is 12.1 Å². The number of carboxylic acid groups (broad SMARTS) is 2. The Morgan fingerprint density at radius 1 is 0.952 bits per heavy atom. The number of rotatable bonds is 5. The fourth-order valence-electron chi connectivity index (χ4n) is 2.09. The number of hydrogen-bond acceptors (Lipinski definition) is 3. The van der Waals surface area contributed by atoms with Crippen molar-refractivity contribution in [3.63, 3.8) is 0 Å². The third-order valence-corrected chi connectivity index (χ3v) is 3.03. The number of carboxylic acids is 2. The quantitative estimate of drug-likeness (QED) is 0.881. The number of hydrogen-bond donors (Lipinski definition) is 2. The number of benzene rings is 2. The SMILES string of the molecule is CC(Oc1ccccc1)c1cccc(C(=O)O)c1C(=O)O. The molecule has 0 heterocycles. The maximum absolute atomic E-state index is 11.4. The van der Waals surface area contributed by atoms with Crippen LogP contribution in [0.4, 0.5) is 0 Å². The van der Waals surface area contributed by atoms with E-state index in [-0.39, 0.29) is 11.1 Å². The van der Waals surface area contributed by atoms with Crippen molar-refractivity contribution >= 4 is 11.9 Å². The molecule has 0 saturated heterocycles.